The number of hydrogen-bond donors (Lipinski definition) is 3. The van der Waals surface area contributed by atoms with Crippen LogP contribution in [0.1, 0.15) is 41.0 Å². The van der Waals surface area contributed by atoms with Crippen LogP contribution in [0.5, 0.6) is 0 Å². The Bertz CT molecular complexity index is 402. The van der Waals surface area contributed by atoms with Crippen LogP contribution in [0.3, 0.4) is 0 Å². The summed E-state index contributed by atoms with van der Waals surface area (Å²) >= 11 is 0. The van der Waals surface area contributed by atoms with Crippen LogP contribution in [0, 0.1) is 0 Å². The number of carbonyl (C=O) groups is 2. The lowest BCUT2D eigenvalue weighted by Crippen LogP contribution is -2.61. The molecule has 0 aromatic carbocycles. The van der Waals surface area contributed by atoms with Crippen molar-refractivity contribution in [2.45, 2.75) is 57.8 Å². The Kier molecular flexibility index (Phi) is 4.90. The summed E-state index contributed by atoms with van der Waals surface area (Å²) < 4.78 is 5.89. The zero-order chi connectivity index (χ0) is 16.5. The minimum Gasteiger partial charge on any atom is -0.481 e. The standard InChI is InChI=1S/C14H26N2O5/c1-12(2)8-16(9-13(3,4)21-12)11(19)15-7-14(5,20)6-10(17)18/h20H,6-9H2,1-5H3,(H,15,19)(H,17,18). The van der Waals surface area contributed by atoms with Gasteiger partial charge in [0.1, 0.15) is 0 Å². The molecule has 1 heterocycles. The lowest BCUT2D eigenvalue weighted by molar-refractivity contribution is -0.170. The van der Waals surface area contributed by atoms with Crippen molar-refractivity contribution in [1.82, 2.24) is 10.2 Å². The number of ether oxygens (including phenoxy) is 1. The van der Waals surface area contributed by atoms with Gasteiger partial charge in [-0.2, -0.15) is 0 Å². The number of carbonyl (C=O) groups excluding carboxylic acids is 1. The lowest BCUT2D eigenvalue weighted by atomic mass is 9.99. The minimum absolute atomic E-state index is 0.115. The normalized spacial score (nSPS) is 23.2. The van der Waals surface area contributed by atoms with Gasteiger partial charge in [0.15, 0.2) is 0 Å². The highest BCUT2D eigenvalue weighted by molar-refractivity contribution is 5.75. The second kappa shape index (κ2) is 5.81. The van der Waals surface area contributed by atoms with E-state index in [9.17, 15) is 14.7 Å². The number of hydrogen-bond acceptors (Lipinski definition) is 4. The maximum atomic E-state index is 12.2. The Morgan fingerprint density at radius 3 is 2.14 bits per heavy atom. The van der Waals surface area contributed by atoms with Crippen molar-refractivity contribution < 1.29 is 24.5 Å². The first-order valence-corrected chi connectivity index (χ1v) is 6.99. The fraction of sp³-hybridized carbons (Fsp3) is 0.857. The molecule has 7 heteroatoms. The molecule has 7 nitrogen and oxygen atoms in total. The monoisotopic (exact) mass is 302 g/mol. The first-order chi connectivity index (χ1) is 9.32. The summed E-state index contributed by atoms with van der Waals surface area (Å²) in [5, 5.41) is 21.2. The second-order valence-corrected chi connectivity index (χ2v) is 7.20. The van der Waals surface area contributed by atoms with E-state index >= 15 is 0 Å². The summed E-state index contributed by atoms with van der Waals surface area (Å²) in [6.07, 6.45) is -0.423. The number of carboxylic acids is 1. The number of nitrogens with one attached hydrogen (secondary N) is 1. The van der Waals surface area contributed by atoms with Crippen LogP contribution in [0.15, 0.2) is 0 Å². The van der Waals surface area contributed by atoms with Crippen molar-refractivity contribution in [3.8, 4) is 0 Å². The average Bonchev–Trinajstić information content (AvgIpc) is 2.19. The molecule has 122 valence electrons. The van der Waals surface area contributed by atoms with E-state index in [2.05, 4.69) is 5.32 Å². The molecule has 1 rings (SSSR count). The second-order valence-electron chi connectivity index (χ2n) is 7.20. The van der Waals surface area contributed by atoms with Crippen molar-refractivity contribution >= 4 is 12.0 Å². The molecule has 0 aliphatic carbocycles. The fourth-order valence-electron chi connectivity index (χ4n) is 2.70. The van der Waals surface area contributed by atoms with Gasteiger partial charge in [-0.05, 0) is 34.6 Å². The molecule has 1 unspecified atom stereocenters. The molecular weight excluding hydrogens is 276 g/mol. The van der Waals surface area contributed by atoms with Gasteiger partial charge < -0.3 is 25.2 Å². The zero-order valence-electron chi connectivity index (χ0n) is 13.4. The van der Waals surface area contributed by atoms with Crippen LogP contribution < -0.4 is 5.32 Å². The molecule has 3 N–H and O–H groups in total. The van der Waals surface area contributed by atoms with Crippen molar-refractivity contribution in [2.24, 2.45) is 0 Å². The Morgan fingerprint density at radius 1 is 1.24 bits per heavy atom. The van der Waals surface area contributed by atoms with E-state index in [0.29, 0.717) is 13.1 Å². The highest BCUT2D eigenvalue weighted by Gasteiger charge is 2.40. The molecule has 1 aliphatic rings. The molecule has 0 aromatic rings. The Balaban J connectivity index is 2.61. The molecule has 1 fully saturated rings. The van der Waals surface area contributed by atoms with Gasteiger partial charge >= 0.3 is 12.0 Å². The van der Waals surface area contributed by atoms with Crippen LogP contribution in [0.25, 0.3) is 0 Å². The highest BCUT2D eigenvalue weighted by atomic mass is 16.5. The molecule has 1 aliphatic heterocycles. The first-order valence-electron chi connectivity index (χ1n) is 6.99. The fourth-order valence-corrected chi connectivity index (χ4v) is 2.70. The van der Waals surface area contributed by atoms with Gasteiger partial charge in [0.2, 0.25) is 0 Å². The summed E-state index contributed by atoms with van der Waals surface area (Å²) in [5.41, 5.74) is -2.38. The van der Waals surface area contributed by atoms with Gasteiger partial charge in [-0.25, -0.2) is 4.79 Å². The van der Waals surface area contributed by atoms with Crippen molar-refractivity contribution in [3.05, 3.63) is 0 Å². The predicted molar refractivity (Wildman–Crippen MR) is 77.1 cm³/mol. The number of amides is 2. The number of rotatable bonds is 4. The van der Waals surface area contributed by atoms with Crippen molar-refractivity contribution in [2.75, 3.05) is 19.6 Å². The largest absolute Gasteiger partial charge is 0.481 e. The van der Waals surface area contributed by atoms with E-state index in [-0.39, 0.29) is 12.6 Å². The van der Waals surface area contributed by atoms with Gasteiger partial charge in [-0.15, -0.1) is 0 Å². The van der Waals surface area contributed by atoms with Crippen molar-refractivity contribution in [1.29, 1.82) is 0 Å². The molecule has 0 radical (unpaired) electrons. The maximum absolute atomic E-state index is 12.2. The third-order valence-electron chi connectivity index (χ3n) is 3.14. The molecule has 0 aromatic heterocycles. The van der Waals surface area contributed by atoms with Crippen LogP contribution in [-0.4, -0.2) is 63.6 Å². The quantitative estimate of drug-likeness (QED) is 0.714. The van der Waals surface area contributed by atoms with E-state index in [1.807, 2.05) is 27.7 Å². The molecule has 1 saturated heterocycles. The Labute approximate surface area is 125 Å². The summed E-state index contributed by atoms with van der Waals surface area (Å²) in [6, 6.07) is -0.329. The van der Waals surface area contributed by atoms with E-state index in [4.69, 9.17) is 9.84 Å². The summed E-state index contributed by atoms with van der Waals surface area (Å²) in [5.74, 6) is -1.11. The minimum atomic E-state index is -1.47. The van der Waals surface area contributed by atoms with E-state index in [0.717, 1.165) is 0 Å². The van der Waals surface area contributed by atoms with Crippen LogP contribution >= 0.6 is 0 Å². The third-order valence-corrected chi connectivity index (χ3v) is 3.14. The first kappa shape index (κ1) is 17.7. The molecule has 0 spiro atoms. The number of aliphatic hydroxyl groups is 1. The van der Waals surface area contributed by atoms with Gasteiger partial charge in [-0.3, -0.25) is 4.79 Å². The number of aliphatic carboxylic acids is 1. The number of urea groups is 1. The van der Waals surface area contributed by atoms with E-state index in [1.165, 1.54) is 6.92 Å². The molecule has 0 bridgehead atoms. The van der Waals surface area contributed by atoms with Crippen LogP contribution in [0.4, 0.5) is 4.79 Å². The summed E-state index contributed by atoms with van der Waals surface area (Å²) in [6.45, 7) is 9.78. The Morgan fingerprint density at radius 2 is 1.71 bits per heavy atom. The number of nitrogens with zero attached hydrogens (tertiary/aromatic N) is 1. The van der Waals surface area contributed by atoms with Crippen molar-refractivity contribution in [3.63, 3.8) is 0 Å². The zero-order valence-corrected chi connectivity index (χ0v) is 13.4. The molecule has 1 atom stereocenters. The molecule has 21 heavy (non-hydrogen) atoms. The van der Waals surface area contributed by atoms with Gasteiger partial charge in [-0.1, -0.05) is 0 Å². The van der Waals surface area contributed by atoms with Gasteiger partial charge in [0.05, 0.1) is 36.3 Å². The number of morpholine rings is 1. The maximum Gasteiger partial charge on any atom is 0.317 e. The van der Waals surface area contributed by atoms with E-state index in [1.54, 1.807) is 4.90 Å². The predicted octanol–water partition coefficient (Wildman–Crippen LogP) is 0.811. The third kappa shape index (κ3) is 5.89. The average molecular weight is 302 g/mol. The highest BCUT2D eigenvalue weighted by Crippen LogP contribution is 2.27. The van der Waals surface area contributed by atoms with Crippen LogP contribution in [-0.2, 0) is 9.53 Å². The molecular formula is C14H26N2O5. The smallest absolute Gasteiger partial charge is 0.317 e. The molecule has 2 amide bonds. The van der Waals surface area contributed by atoms with Gasteiger partial charge in [0.25, 0.3) is 0 Å². The Hall–Kier alpha value is -1.34. The SMILES string of the molecule is CC(O)(CNC(=O)N1CC(C)(C)OC(C)(C)C1)CC(=O)O. The summed E-state index contributed by atoms with van der Waals surface area (Å²) in [7, 11) is 0. The molecule has 0 saturated carbocycles. The summed E-state index contributed by atoms with van der Waals surface area (Å²) in [4.78, 5) is 24.5. The van der Waals surface area contributed by atoms with E-state index < -0.39 is 29.2 Å². The van der Waals surface area contributed by atoms with Crippen LogP contribution in [0.2, 0.25) is 0 Å². The van der Waals surface area contributed by atoms with Gasteiger partial charge in [0, 0.05) is 6.54 Å². The lowest BCUT2D eigenvalue weighted by Gasteiger charge is -2.47. The number of carboxylic acid groups (broad SMARTS) is 1. The topological polar surface area (TPSA) is 99.1 Å².